The number of fused-ring (bicyclic) bond motifs is 1. The molecular weight excluding hydrogens is 476 g/mol. The van der Waals surface area contributed by atoms with E-state index in [0.29, 0.717) is 27.2 Å². The van der Waals surface area contributed by atoms with Crippen molar-refractivity contribution in [2.75, 3.05) is 7.05 Å². The first-order valence-corrected chi connectivity index (χ1v) is 12.0. The number of hydrogen-bond acceptors (Lipinski definition) is 5. The number of hydrogen-bond donors (Lipinski definition) is 3. The van der Waals surface area contributed by atoms with E-state index >= 15 is 0 Å². The van der Waals surface area contributed by atoms with E-state index in [0.717, 1.165) is 0 Å². The van der Waals surface area contributed by atoms with E-state index in [1.54, 1.807) is 48.5 Å². The van der Waals surface area contributed by atoms with Crippen molar-refractivity contribution in [3.63, 3.8) is 0 Å². The zero-order valence-electron chi connectivity index (χ0n) is 17.9. The van der Waals surface area contributed by atoms with E-state index in [9.17, 15) is 18.0 Å². The lowest BCUT2D eigenvalue weighted by molar-refractivity contribution is 0.0847. The summed E-state index contributed by atoms with van der Waals surface area (Å²) in [5.41, 5.74) is 6.82. The van der Waals surface area contributed by atoms with Crippen LogP contribution in [0.15, 0.2) is 83.8 Å². The number of para-hydroxylation sites is 1. The fourth-order valence-corrected chi connectivity index (χ4v) is 4.35. The quantitative estimate of drug-likeness (QED) is 0.367. The van der Waals surface area contributed by atoms with Crippen molar-refractivity contribution in [3.05, 3.63) is 95.0 Å². The summed E-state index contributed by atoms with van der Waals surface area (Å²) in [6, 6.07) is 21.3. The summed E-state index contributed by atoms with van der Waals surface area (Å²) >= 11 is 6.32. The molecule has 1 heterocycles. The molecule has 0 aliphatic rings. The van der Waals surface area contributed by atoms with Gasteiger partial charge in [0.2, 0.25) is 10.0 Å². The first-order valence-electron chi connectivity index (χ1n) is 10.1. The SMILES string of the molecule is CNS(=O)(=O)c1cccc(C(=O)NNC(=O)c2cc(-c3ccccc3Cl)nc3ccccc23)c1. The van der Waals surface area contributed by atoms with Crippen molar-refractivity contribution < 1.29 is 18.0 Å². The third-order valence-corrected chi connectivity index (χ3v) is 6.82. The second-order valence-electron chi connectivity index (χ2n) is 7.20. The third-order valence-electron chi connectivity index (χ3n) is 5.08. The fraction of sp³-hybridized carbons (Fsp3) is 0.0417. The highest BCUT2D eigenvalue weighted by atomic mass is 35.5. The fourth-order valence-electron chi connectivity index (χ4n) is 3.35. The minimum absolute atomic E-state index is 0.0629. The number of amides is 2. The minimum atomic E-state index is -3.72. The highest BCUT2D eigenvalue weighted by molar-refractivity contribution is 7.89. The van der Waals surface area contributed by atoms with Gasteiger partial charge in [0.1, 0.15) is 0 Å². The Balaban J connectivity index is 1.62. The van der Waals surface area contributed by atoms with Crippen LogP contribution >= 0.6 is 11.6 Å². The number of benzene rings is 3. The van der Waals surface area contributed by atoms with Gasteiger partial charge in [0.25, 0.3) is 11.8 Å². The summed E-state index contributed by atoms with van der Waals surface area (Å²) < 4.78 is 26.2. The molecule has 4 aromatic rings. The summed E-state index contributed by atoms with van der Waals surface area (Å²) in [7, 11) is -2.45. The molecule has 0 aliphatic carbocycles. The summed E-state index contributed by atoms with van der Waals surface area (Å²) in [6.45, 7) is 0. The van der Waals surface area contributed by atoms with Crippen LogP contribution in [-0.2, 0) is 10.0 Å². The zero-order chi connectivity index (χ0) is 24.3. The number of sulfonamides is 1. The summed E-state index contributed by atoms with van der Waals surface area (Å²) in [5, 5.41) is 1.08. The summed E-state index contributed by atoms with van der Waals surface area (Å²) in [4.78, 5) is 30.2. The highest BCUT2D eigenvalue weighted by Crippen LogP contribution is 2.29. The molecule has 0 aliphatic heterocycles. The first kappa shape index (κ1) is 23.4. The van der Waals surface area contributed by atoms with E-state index in [-0.39, 0.29) is 16.0 Å². The van der Waals surface area contributed by atoms with E-state index < -0.39 is 21.8 Å². The number of carbonyl (C=O) groups is 2. The molecular formula is C24H19ClN4O4S. The van der Waals surface area contributed by atoms with Crippen LogP contribution in [0.4, 0.5) is 0 Å². The maximum atomic E-state index is 13.0. The molecule has 3 aromatic carbocycles. The summed E-state index contributed by atoms with van der Waals surface area (Å²) in [5.74, 6) is -1.24. The maximum absolute atomic E-state index is 13.0. The van der Waals surface area contributed by atoms with Crippen LogP contribution in [-0.4, -0.2) is 32.3 Å². The Kier molecular flexibility index (Phi) is 6.60. The number of halogens is 1. The Morgan fingerprint density at radius 3 is 2.32 bits per heavy atom. The van der Waals surface area contributed by atoms with Crippen LogP contribution in [0, 0.1) is 0 Å². The van der Waals surface area contributed by atoms with Crippen LogP contribution in [0.2, 0.25) is 5.02 Å². The largest absolute Gasteiger partial charge is 0.270 e. The Morgan fingerprint density at radius 2 is 1.56 bits per heavy atom. The lowest BCUT2D eigenvalue weighted by Crippen LogP contribution is -2.41. The molecule has 0 saturated heterocycles. The van der Waals surface area contributed by atoms with Crippen molar-refractivity contribution in [2.45, 2.75) is 4.90 Å². The lowest BCUT2D eigenvalue weighted by atomic mass is 10.0. The van der Waals surface area contributed by atoms with Gasteiger partial charge >= 0.3 is 0 Å². The van der Waals surface area contributed by atoms with Crippen LogP contribution in [0.25, 0.3) is 22.2 Å². The Hall–Kier alpha value is -3.79. The molecule has 0 unspecified atom stereocenters. The second kappa shape index (κ2) is 9.60. The average molecular weight is 495 g/mol. The van der Waals surface area contributed by atoms with Crippen LogP contribution < -0.4 is 15.6 Å². The van der Waals surface area contributed by atoms with E-state index in [1.165, 1.54) is 31.3 Å². The monoisotopic (exact) mass is 494 g/mol. The average Bonchev–Trinajstić information content (AvgIpc) is 2.86. The predicted octanol–water partition coefficient (Wildman–Crippen LogP) is 3.54. The van der Waals surface area contributed by atoms with E-state index in [2.05, 4.69) is 20.6 Å². The molecule has 3 N–H and O–H groups in total. The maximum Gasteiger partial charge on any atom is 0.270 e. The van der Waals surface area contributed by atoms with Crippen molar-refractivity contribution in [1.82, 2.24) is 20.6 Å². The predicted molar refractivity (Wildman–Crippen MR) is 130 cm³/mol. The van der Waals surface area contributed by atoms with Gasteiger partial charge in [-0.05, 0) is 43.4 Å². The molecule has 0 spiro atoms. The molecule has 0 atom stereocenters. The second-order valence-corrected chi connectivity index (χ2v) is 9.49. The molecule has 1 aromatic heterocycles. The first-order chi connectivity index (χ1) is 16.3. The molecule has 172 valence electrons. The molecule has 10 heteroatoms. The van der Waals surface area contributed by atoms with Gasteiger partial charge in [-0.2, -0.15) is 0 Å². The van der Waals surface area contributed by atoms with Gasteiger partial charge in [0.05, 0.1) is 21.7 Å². The Morgan fingerprint density at radius 1 is 0.853 bits per heavy atom. The van der Waals surface area contributed by atoms with E-state index in [4.69, 9.17) is 11.6 Å². The molecule has 0 saturated carbocycles. The molecule has 4 rings (SSSR count). The number of nitrogens with zero attached hydrogens (tertiary/aromatic N) is 1. The van der Waals surface area contributed by atoms with Gasteiger partial charge in [-0.25, -0.2) is 18.1 Å². The van der Waals surface area contributed by atoms with Gasteiger partial charge in [-0.3, -0.25) is 20.4 Å². The molecule has 2 amide bonds. The standard InChI is InChI=1S/C24H19ClN4O4S/c1-26-34(32,33)16-8-6-7-15(13-16)23(30)28-29-24(31)19-14-22(18-10-2-4-11-20(18)25)27-21-12-5-3-9-17(19)21/h2-14,26H,1H3,(H,28,30)(H,29,31). The van der Waals surface area contributed by atoms with E-state index in [1.807, 2.05) is 6.07 Å². The number of hydrazine groups is 1. The van der Waals surface area contributed by atoms with Crippen molar-refractivity contribution in [1.29, 1.82) is 0 Å². The van der Waals surface area contributed by atoms with Gasteiger partial charge < -0.3 is 0 Å². The van der Waals surface area contributed by atoms with Crippen molar-refractivity contribution >= 4 is 44.3 Å². The smallest absolute Gasteiger partial charge is 0.267 e. The zero-order valence-corrected chi connectivity index (χ0v) is 19.4. The molecule has 34 heavy (non-hydrogen) atoms. The van der Waals surface area contributed by atoms with Crippen LogP contribution in [0.5, 0.6) is 0 Å². The van der Waals surface area contributed by atoms with Gasteiger partial charge in [0, 0.05) is 21.5 Å². The lowest BCUT2D eigenvalue weighted by Gasteiger charge is -2.12. The van der Waals surface area contributed by atoms with Gasteiger partial charge in [-0.15, -0.1) is 0 Å². The van der Waals surface area contributed by atoms with Crippen LogP contribution in [0.3, 0.4) is 0 Å². The van der Waals surface area contributed by atoms with Crippen molar-refractivity contribution in [3.8, 4) is 11.3 Å². The third kappa shape index (κ3) is 4.76. The van der Waals surface area contributed by atoms with Crippen molar-refractivity contribution in [2.24, 2.45) is 0 Å². The number of rotatable bonds is 5. The van der Waals surface area contributed by atoms with Gasteiger partial charge in [-0.1, -0.05) is 54.1 Å². The Labute approximate surface area is 201 Å². The number of pyridine rings is 1. The molecule has 8 nitrogen and oxygen atoms in total. The molecule has 0 fully saturated rings. The molecule has 0 bridgehead atoms. The number of carbonyl (C=O) groups excluding carboxylic acids is 2. The van der Waals surface area contributed by atoms with Crippen LogP contribution in [0.1, 0.15) is 20.7 Å². The highest BCUT2D eigenvalue weighted by Gasteiger charge is 2.17. The normalized spacial score (nSPS) is 11.2. The minimum Gasteiger partial charge on any atom is -0.267 e. The van der Waals surface area contributed by atoms with Gasteiger partial charge in [0.15, 0.2) is 0 Å². The topological polar surface area (TPSA) is 117 Å². The Bertz CT molecular complexity index is 1520. The number of aromatic nitrogens is 1. The number of nitrogens with one attached hydrogen (secondary N) is 3. The summed E-state index contributed by atoms with van der Waals surface area (Å²) in [6.07, 6.45) is 0. The molecule has 0 radical (unpaired) electrons.